The summed E-state index contributed by atoms with van der Waals surface area (Å²) in [6.07, 6.45) is -0.480. The summed E-state index contributed by atoms with van der Waals surface area (Å²) in [6, 6.07) is 13.0. The normalized spacial score (nSPS) is 18.3. The number of rotatable bonds is 6. The van der Waals surface area contributed by atoms with Gasteiger partial charge in [0.1, 0.15) is 6.54 Å². The number of nitrogens with zero attached hydrogens (tertiary/aromatic N) is 1. The van der Waals surface area contributed by atoms with Crippen molar-refractivity contribution >= 4 is 34.9 Å². The molecule has 1 N–H and O–H groups in total. The van der Waals surface area contributed by atoms with E-state index in [2.05, 4.69) is 0 Å². The van der Waals surface area contributed by atoms with Crippen molar-refractivity contribution in [2.75, 3.05) is 18.1 Å². The van der Waals surface area contributed by atoms with Crippen LogP contribution in [-0.2, 0) is 19.9 Å². The van der Waals surface area contributed by atoms with Gasteiger partial charge in [-0.3, -0.25) is 19.3 Å². The first kappa shape index (κ1) is 19.1. The molecule has 2 aromatic rings. The Bertz CT molecular complexity index is 913. The molecule has 1 amide bonds. The van der Waals surface area contributed by atoms with E-state index >= 15 is 0 Å². The van der Waals surface area contributed by atoms with Crippen LogP contribution in [0.4, 0.5) is 5.69 Å². The highest BCUT2D eigenvalue weighted by Crippen LogP contribution is 2.43. The number of hydrogen-bond acceptors (Lipinski definition) is 5. The Balaban J connectivity index is 1.95. The number of carbonyl (C=O) groups excluding carboxylic acids is 3. The SMILES string of the molecule is CCOC(=O)CN1C(=O)C(O)(CC(=O)c2ccccc2Cl)c2ccccc21. The van der Waals surface area contributed by atoms with E-state index in [1.165, 1.54) is 6.07 Å². The molecule has 6 nitrogen and oxygen atoms in total. The molecule has 0 spiro atoms. The third kappa shape index (κ3) is 3.46. The predicted octanol–water partition coefficient (Wildman–Crippen LogP) is 2.71. The van der Waals surface area contributed by atoms with Gasteiger partial charge in [0.25, 0.3) is 5.91 Å². The first-order valence-electron chi connectivity index (χ1n) is 8.45. The Morgan fingerprint density at radius 1 is 1.15 bits per heavy atom. The van der Waals surface area contributed by atoms with E-state index in [9.17, 15) is 19.5 Å². The molecule has 0 saturated heterocycles. The van der Waals surface area contributed by atoms with E-state index < -0.39 is 29.7 Å². The largest absolute Gasteiger partial charge is 0.465 e. The summed E-state index contributed by atoms with van der Waals surface area (Å²) in [6.45, 7) is 1.50. The quantitative estimate of drug-likeness (QED) is 0.608. The monoisotopic (exact) mass is 387 g/mol. The van der Waals surface area contributed by atoms with Crippen LogP contribution in [0.1, 0.15) is 29.3 Å². The number of anilines is 1. The molecule has 2 aromatic carbocycles. The summed E-state index contributed by atoms with van der Waals surface area (Å²) in [5.41, 5.74) is -1.19. The van der Waals surface area contributed by atoms with Gasteiger partial charge in [0.2, 0.25) is 0 Å². The van der Waals surface area contributed by atoms with Crippen molar-refractivity contribution in [1.29, 1.82) is 0 Å². The summed E-state index contributed by atoms with van der Waals surface area (Å²) >= 11 is 6.06. The zero-order valence-corrected chi connectivity index (χ0v) is 15.4. The fraction of sp³-hybridized carbons (Fsp3) is 0.250. The number of carbonyl (C=O) groups is 3. The van der Waals surface area contributed by atoms with Gasteiger partial charge in [0.15, 0.2) is 11.4 Å². The molecule has 0 fully saturated rings. The first-order valence-corrected chi connectivity index (χ1v) is 8.83. The molecule has 0 saturated carbocycles. The fourth-order valence-corrected chi connectivity index (χ4v) is 3.43. The number of ketones is 1. The fourth-order valence-electron chi connectivity index (χ4n) is 3.19. The molecular formula is C20H18ClNO5. The van der Waals surface area contributed by atoms with Gasteiger partial charge < -0.3 is 9.84 Å². The third-order valence-corrected chi connectivity index (χ3v) is 4.75. The second-order valence-electron chi connectivity index (χ2n) is 6.15. The van der Waals surface area contributed by atoms with Crippen LogP contribution in [0.25, 0.3) is 0 Å². The van der Waals surface area contributed by atoms with Crippen LogP contribution in [0.3, 0.4) is 0 Å². The number of hydrogen-bond donors (Lipinski definition) is 1. The molecule has 0 aromatic heterocycles. The molecule has 1 unspecified atom stereocenters. The summed E-state index contributed by atoms with van der Waals surface area (Å²) in [7, 11) is 0. The van der Waals surface area contributed by atoms with Crippen LogP contribution < -0.4 is 4.90 Å². The molecule has 1 heterocycles. The van der Waals surface area contributed by atoms with Gasteiger partial charge in [0.05, 0.1) is 23.7 Å². The van der Waals surface area contributed by atoms with Gasteiger partial charge >= 0.3 is 5.97 Å². The lowest BCUT2D eigenvalue weighted by Crippen LogP contribution is -2.44. The molecule has 3 rings (SSSR count). The molecule has 1 atom stereocenters. The maximum absolute atomic E-state index is 13.0. The predicted molar refractivity (Wildman–Crippen MR) is 99.7 cm³/mol. The maximum atomic E-state index is 13.0. The highest BCUT2D eigenvalue weighted by Gasteiger charge is 2.51. The molecule has 0 aliphatic carbocycles. The number of fused-ring (bicyclic) bond motifs is 1. The number of esters is 1. The number of halogens is 1. The zero-order chi connectivity index (χ0) is 19.6. The van der Waals surface area contributed by atoms with E-state index in [0.717, 1.165) is 4.90 Å². The average Bonchev–Trinajstić information content (AvgIpc) is 2.84. The molecule has 1 aliphatic heterocycles. The molecule has 0 bridgehead atoms. The molecule has 140 valence electrons. The van der Waals surface area contributed by atoms with Crippen molar-refractivity contribution in [1.82, 2.24) is 0 Å². The van der Waals surface area contributed by atoms with Crippen molar-refractivity contribution in [3.63, 3.8) is 0 Å². The van der Waals surface area contributed by atoms with Gasteiger partial charge in [-0.2, -0.15) is 0 Å². The number of aliphatic hydroxyl groups is 1. The third-order valence-electron chi connectivity index (χ3n) is 4.42. The standard InChI is InChI=1S/C20H18ClNO5/c1-2-27-18(24)12-22-16-10-6-4-8-14(16)20(26,19(22)25)11-17(23)13-7-3-5-9-15(13)21/h3-10,26H,2,11-12H2,1H3. The number of amides is 1. The molecule has 27 heavy (non-hydrogen) atoms. The van der Waals surface area contributed by atoms with Crippen molar-refractivity contribution in [3.8, 4) is 0 Å². The van der Waals surface area contributed by atoms with Crippen molar-refractivity contribution < 1.29 is 24.2 Å². The van der Waals surface area contributed by atoms with Crippen LogP contribution in [0, 0.1) is 0 Å². The second-order valence-corrected chi connectivity index (χ2v) is 6.56. The van der Waals surface area contributed by atoms with E-state index in [1.54, 1.807) is 49.4 Å². The first-order chi connectivity index (χ1) is 12.9. The molecule has 0 radical (unpaired) electrons. The van der Waals surface area contributed by atoms with E-state index in [-0.39, 0.29) is 29.3 Å². The van der Waals surface area contributed by atoms with Crippen molar-refractivity contribution in [2.24, 2.45) is 0 Å². The summed E-state index contributed by atoms with van der Waals surface area (Å²) in [5.74, 6) is -1.80. The number of Topliss-reactive ketones (excluding diaryl/α,β-unsaturated/α-hetero) is 1. The Morgan fingerprint density at radius 2 is 1.81 bits per heavy atom. The van der Waals surface area contributed by atoms with E-state index in [1.807, 2.05) is 0 Å². The van der Waals surface area contributed by atoms with Gasteiger partial charge in [-0.15, -0.1) is 0 Å². The van der Waals surface area contributed by atoms with Crippen molar-refractivity contribution in [2.45, 2.75) is 18.9 Å². The summed E-state index contributed by atoms with van der Waals surface area (Å²) in [4.78, 5) is 38.7. The Labute approximate surface area is 161 Å². The molecule has 7 heteroatoms. The van der Waals surface area contributed by atoms with Crippen LogP contribution in [-0.4, -0.2) is 35.9 Å². The van der Waals surface area contributed by atoms with Gasteiger partial charge in [-0.05, 0) is 25.1 Å². The lowest BCUT2D eigenvalue weighted by molar-refractivity contribution is -0.144. The van der Waals surface area contributed by atoms with Gasteiger partial charge in [-0.1, -0.05) is 41.9 Å². The van der Waals surface area contributed by atoms with Crippen LogP contribution in [0.2, 0.25) is 5.02 Å². The van der Waals surface area contributed by atoms with Crippen LogP contribution in [0.15, 0.2) is 48.5 Å². The Morgan fingerprint density at radius 3 is 2.52 bits per heavy atom. The minimum Gasteiger partial charge on any atom is -0.465 e. The summed E-state index contributed by atoms with van der Waals surface area (Å²) < 4.78 is 4.90. The molecular weight excluding hydrogens is 370 g/mol. The van der Waals surface area contributed by atoms with E-state index in [4.69, 9.17) is 16.3 Å². The van der Waals surface area contributed by atoms with Gasteiger partial charge in [-0.25, -0.2) is 0 Å². The second kappa shape index (κ2) is 7.50. The lowest BCUT2D eigenvalue weighted by atomic mass is 9.88. The maximum Gasteiger partial charge on any atom is 0.326 e. The Hall–Kier alpha value is -2.70. The number of benzene rings is 2. The topological polar surface area (TPSA) is 83.9 Å². The van der Waals surface area contributed by atoms with E-state index in [0.29, 0.717) is 5.69 Å². The number of para-hydroxylation sites is 1. The summed E-state index contributed by atoms with van der Waals surface area (Å²) in [5, 5.41) is 11.4. The minimum atomic E-state index is -2.07. The van der Waals surface area contributed by atoms with Crippen LogP contribution in [0.5, 0.6) is 0 Å². The Kier molecular flexibility index (Phi) is 5.30. The lowest BCUT2D eigenvalue weighted by Gasteiger charge is -2.22. The minimum absolute atomic E-state index is 0.178. The zero-order valence-electron chi connectivity index (χ0n) is 14.6. The smallest absolute Gasteiger partial charge is 0.326 e. The highest BCUT2D eigenvalue weighted by molar-refractivity contribution is 6.34. The average molecular weight is 388 g/mol. The highest BCUT2D eigenvalue weighted by atomic mass is 35.5. The van der Waals surface area contributed by atoms with Crippen molar-refractivity contribution in [3.05, 3.63) is 64.7 Å². The van der Waals surface area contributed by atoms with Crippen LogP contribution >= 0.6 is 11.6 Å². The molecule has 1 aliphatic rings. The number of ether oxygens (including phenoxy) is 1. The van der Waals surface area contributed by atoms with Gasteiger partial charge in [0, 0.05) is 11.1 Å².